The van der Waals surface area contributed by atoms with Gasteiger partial charge in [0.25, 0.3) is 5.89 Å². The molecule has 0 spiro atoms. The molecule has 3 aromatic rings. The van der Waals surface area contributed by atoms with Crippen molar-refractivity contribution < 1.29 is 4.52 Å². The third kappa shape index (κ3) is 2.30. The Morgan fingerprint density at radius 2 is 2.05 bits per heavy atom. The molecule has 19 heavy (non-hydrogen) atoms. The van der Waals surface area contributed by atoms with E-state index in [0.29, 0.717) is 18.3 Å². The van der Waals surface area contributed by atoms with Gasteiger partial charge in [-0.15, -0.1) is 0 Å². The molecule has 6 heteroatoms. The minimum Gasteiger partial charge on any atom is -0.334 e. The van der Waals surface area contributed by atoms with Gasteiger partial charge in [-0.1, -0.05) is 11.2 Å². The smallest absolute Gasteiger partial charge is 0.260 e. The van der Waals surface area contributed by atoms with Crippen LogP contribution in [0.2, 0.25) is 0 Å². The predicted molar refractivity (Wildman–Crippen MR) is 70.2 cm³/mol. The molecule has 1 aromatic carbocycles. The zero-order chi connectivity index (χ0) is 13.1. The Bertz CT molecular complexity index is 689. The normalized spacial score (nSPS) is 11.0. The van der Waals surface area contributed by atoms with Crippen LogP contribution >= 0.6 is 0 Å². The summed E-state index contributed by atoms with van der Waals surface area (Å²) in [6.45, 7) is 0.615. The maximum atomic E-state index is 5.46. The Morgan fingerprint density at radius 1 is 1.16 bits per heavy atom. The quantitative estimate of drug-likeness (QED) is 0.761. The van der Waals surface area contributed by atoms with Crippen LogP contribution in [0.1, 0.15) is 12.2 Å². The molecule has 0 fully saturated rings. The standard InChI is InChI=1S/C13H13N5O/c14-6-2-5-11-17-13(19-18-11)9-3-1-4-10-12(9)16-8-7-15-10/h1,3-4,7-8H,2,5-6,14H2. The van der Waals surface area contributed by atoms with Gasteiger partial charge in [0, 0.05) is 18.8 Å². The fraction of sp³-hybridized carbons (Fsp3) is 0.231. The van der Waals surface area contributed by atoms with Crippen LogP contribution < -0.4 is 5.73 Å². The van der Waals surface area contributed by atoms with E-state index in [1.165, 1.54) is 0 Å². The average Bonchev–Trinajstić information content (AvgIpc) is 2.93. The van der Waals surface area contributed by atoms with Crippen LogP contribution in [0.4, 0.5) is 0 Å². The van der Waals surface area contributed by atoms with Crippen molar-refractivity contribution in [1.29, 1.82) is 0 Å². The summed E-state index contributed by atoms with van der Waals surface area (Å²) in [7, 11) is 0. The number of para-hydroxylation sites is 1. The highest BCUT2D eigenvalue weighted by molar-refractivity contribution is 5.88. The van der Waals surface area contributed by atoms with Crippen molar-refractivity contribution >= 4 is 11.0 Å². The van der Waals surface area contributed by atoms with Crippen LogP contribution in [0.5, 0.6) is 0 Å². The summed E-state index contributed by atoms with van der Waals surface area (Å²) in [6, 6.07) is 5.70. The van der Waals surface area contributed by atoms with Gasteiger partial charge in [0.2, 0.25) is 0 Å². The molecule has 0 aliphatic rings. The van der Waals surface area contributed by atoms with Gasteiger partial charge >= 0.3 is 0 Å². The van der Waals surface area contributed by atoms with E-state index in [9.17, 15) is 0 Å². The second-order valence-corrected chi connectivity index (χ2v) is 4.14. The molecule has 0 bridgehead atoms. The maximum Gasteiger partial charge on any atom is 0.260 e. The molecule has 3 rings (SSSR count). The number of aryl methyl sites for hydroxylation is 1. The van der Waals surface area contributed by atoms with Gasteiger partial charge in [-0.2, -0.15) is 4.98 Å². The molecule has 0 aliphatic carbocycles. The van der Waals surface area contributed by atoms with Gasteiger partial charge in [-0.3, -0.25) is 9.97 Å². The Kier molecular flexibility index (Phi) is 3.16. The van der Waals surface area contributed by atoms with Crippen molar-refractivity contribution in [3.8, 4) is 11.5 Å². The second-order valence-electron chi connectivity index (χ2n) is 4.14. The van der Waals surface area contributed by atoms with Gasteiger partial charge in [0.1, 0.15) is 5.52 Å². The number of aromatic nitrogens is 4. The van der Waals surface area contributed by atoms with E-state index in [2.05, 4.69) is 20.1 Å². The topological polar surface area (TPSA) is 90.7 Å². The second kappa shape index (κ2) is 5.11. The van der Waals surface area contributed by atoms with Crippen LogP contribution in [0, 0.1) is 0 Å². The summed E-state index contributed by atoms with van der Waals surface area (Å²) in [5.41, 5.74) is 7.84. The molecule has 2 N–H and O–H groups in total. The first-order valence-electron chi connectivity index (χ1n) is 6.11. The molecular formula is C13H13N5O. The minimum absolute atomic E-state index is 0.470. The monoisotopic (exact) mass is 255 g/mol. The lowest BCUT2D eigenvalue weighted by molar-refractivity contribution is 0.422. The highest BCUT2D eigenvalue weighted by atomic mass is 16.5. The van der Waals surface area contributed by atoms with E-state index < -0.39 is 0 Å². The maximum absolute atomic E-state index is 5.46. The minimum atomic E-state index is 0.470. The highest BCUT2D eigenvalue weighted by Crippen LogP contribution is 2.24. The molecule has 2 heterocycles. The number of nitrogens with two attached hydrogens (primary N) is 1. The van der Waals surface area contributed by atoms with Crippen molar-refractivity contribution in [3.63, 3.8) is 0 Å². The SMILES string of the molecule is NCCCc1noc(-c2cccc3nccnc23)n1. The summed E-state index contributed by atoms with van der Waals surface area (Å²) >= 11 is 0. The van der Waals surface area contributed by atoms with Gasteiger partial charge in [0.05, 0.1) is 11.1 Å². The lowest BCUT2D eigenvalue weighted by atomic mass is 10.1. The summed E-state index contributed by atoms with van der Waals surface area (Å²) < 4.78 is 5.29. The Balaban J connectivity index is 2.02. The van der Waals surface area contributed by atoms with Crippen LogP contribution in [0.3, 0.4) is 0 Å². The van der Waals surface area contributed by atoms with E-state index in [4.69, 9.17) is 10.3 Å². The molecule has 0 atom stereocenters. The van der Waals surface area contributed by atoms with Gasteiger partial charge < -0.3 is 10.3 Å². The fourth-order valence-electron chi connectivity index (χ4n) is 1.89. The third-order valence-corrected chi connectivity index (χ3v) is 2.80. The molecule has 0 saturated carbocycles. The molecule has 0 amide bonds. The van der Waals surface area contributed by atoms with Crippen LogP contribution in [-0.4, -0.2) is 26.7 Å². The predicted octanol–water partition coefficient (Wildman–Crippen LogP) is 1.57. The van der Waals surface area contributed by atoms with Crippen LogP contribution in [-0.2, 0) is 6.42 Å². The first kappa shape index (κ1) is 11.7. The highest BCUT2D eigenvalue weighted by Gasteiger charge is 2.12. The molecule has 0 saturated heterocycles. The summed E-state index contributed by atoms with van der Waals surface area (Å²) in [5, 5.41) is 3.95. The summed E-state index contributed by atoms with van der Waals surface area (Å²) in [5.74, 6) is 1.14. The third-order valence-electron chi connectivity index (χ3n) is 2.80. The van der Waals surface area contributed by atoms with Crippen molar-refractivity contribution in [2.75, 3.05) is 6.54 Å². The first-order valence-corrected chi connectivity index (χ1v) is 6.11. The molecule has 0 unspecified atom stereocenters. The number of nitrogens with zero attached hydrogens (tertiary/aromatic N) is 4. The van der Waals surface area contributed by atoms with Crippen molar-refractivity contribution in [3.05, 3.63) is 36.4 Å². The van der Waals surface area contributed by atoms with E-state index in [0.717, 1.165) is 29.4 Å². The molecule has 0 radical (unpaired) electrons. The fourth-order valence-corrected chi connectivity index (χ4v) is 1.89. The van der Waals surface area contributed by atoms with Gasteiger partial charge in [0.15, 0.2) is 5.82 Å². The Labute approximate surface area is 109 Å². The molecule has 0 aliphatic heterocycles. The number of rotatable bonds is 4. The van der Waals surface area contributed by atoms with Gasteiger partial charge in [-0.05, 0) is 25.1 Å². The van der Waals surface area contributed by atoms with E-state index in [1.54, 1.807) is 12.4 Å². The molecule has 2 aromatic heterocycles. The average molecular weight is 255 g/mol. The zero-order valence-electron chi connectivity index (χ0n) is 10.3. The number of hydrogen-bond donors (Lipinski definition) is 1. The zero-order valence-corrected chi connectivity index (χ0v) is 10.3. The Morgan fingerprint density at radius 3 is 2.95 bits per heavy atom. The first-order chi connectivity index (χ1) is 9.38. The van der Waals surface area contributed by atoms with Crippen molar-refractivity contribution in [2.24, 2.45) is 5.73 Å². The van der Waals surface area contributed by atoms with Crippen LogP contribution in [0.15, 0.2) is 35.1 Å². The molecule has 6 nitrogen and oxygen atoms in total. The largest absolute Gasteiger partial charge is 0.334 e. The summed E-state index contributed by atoms with van der Waals surface area (Å²) in [4.78, 5) is 12.9. The summed E-state index contributed by atoms with van der Waals surface area (Å²) in [6.07, 6.45) is 4.87. The lowest BCUT2D eigenvalue weighted by Crippen LogP contribution is -2.01. The lowest BCUT2D eigenvalue weighted by Gasteiger charge is -1.99. The van der Waals surface area contributed by atoms with E-state index in [-0.39, 0.29) is 0 Å². The number of fused-ring (bicyclic) bond motifs is 1. The van der Waals surface area contributed by atoms with E-state index >= 15 is 0 Å². The van der Waals surface area contributed by atoms with Crippen molar-refractivity contribution in [2.45, 2.75) is 12.8 Å². The van der Waals surface area contributed by atoms with Crippen molar-refractivity contribution in [1.82, 2.24) is 20.1 Å². The molecule has 96 valence electrons. The number of benzene rings is 1. The molecular weight excluding hydrogens is 242 g/mol. The Hall–Kier alpha value is -2.34. The van der Waals surface area contributed by atoms with E-state index in [1.807, 2.05) is 18.2 Å². The van der Waals surface area contributed by atoms with Crippen LogP contribution in [0.25, 0.3) is 22.5 Å². The number of hydrogen-bond acceptors (Lipinski definition) is 6. The van der Waals surface area contributed by atoms with Gasteiger partial charge in [-0.25, -0.2) is 0 Å².